The molecule has 0 amide bonds. The third-order valence-electron chi connectivity index (χ3n) is 3.24. The Labute approximate surface area is 94.7 Å². The summed E-state index contributed by atoms with van der Waals surface area (Å²) in [5, 5.41) is 0. The molecule has 3 rings (SSSR count). The highest BCUT2D eigenvalue weighted by Gasteiger charge is 2.15. The molecule has 2 aromatic carbocycles. The molecule has 1 aliphatic rings. The average molecular weight is 208 g/mol. The molecule has 0 heterocycles. The average Bonchev–Trinajstić information content (AvgIpc) is 2.38. The van der Waals surface area contributed by atoms with E-state index < -0.39 is 0 Å². The first kappa shape index (κ1) is 9.34. The molecular formula is C15H12O. The van der Waals surface area contributed by atoms with Gasteiger partial charge < -0.3 is 0 Å². The third-order valence-corrected chi connectivity index (χ3v) is 3.24. The van der Waals surface area contributed by atoms with Crippen LogP contribution in [0, 0.1) is 0 Å². The lowest BCUT2D eigenvalue weighted by Gasteiger charge is -2.19. The normalized spacial score (nSPS) is 12.8. The number of carbonyl (C=O) groups is 1. The van der Waals surface area contributed by atoms with Crippen molar-refractivity contribution in [2.75, 3.05) is 0 Å². The van der Waals surface area contributed by atoms with E-state index in [9.17, 15) is 4.79 Å². The van der Waals surface area contributed by atoms with Gasteiger partial charge in [0.1, 0.15) is 6.29 Å². The smallest absolute Gasteiger partial charge is 0.150 e. The summed E-state index contributed by atoms with van der Waals surface area (Å²) in [4.78, 5) is 10.7. The van der Waals surface area contributed by atoms with E-state index in [0.717, 1.165) is 24.7 Å². The summed E-state index contributed by atoms with van der Waals surface area (Å²) in [5.41, 5.74) is 6.09. The van der Waals surface area contributed by atoms with Gasteiger partial charge in [0, 0.05) is 5.56 Å². The van der Waals surface area contributed by atoms with Crippen LogP contribution in [0.25, 0.3) is 11.1 Å². The van der Waals surface area contributed by atoms with Crippen molar-refractivity contribution < 1.29 is 4.79 Å². The van der Waals surface area contributed by atoms with E-state index >= 15 is 0 Å². The van der Waals surface area contributed by atoms with Crippen LogP contribution in [-0.4, -0.2) is 6.29 Å². The van der Waals surface area contributed by atoms with Crippen LogP contribution < -0.4 is 0 Å². The van der Waals surface area contributed by atoms with Gasteiger partial charge in [-0.15, -0.1) is 0 Å². The molecule has 0 bridgehead atoms. The zero-order chi connectivity index (χ0) is 11.0. The van der Waals surface area contributed by atoms with Crippen molar-refractivity contribution in [2.24, 2.45) is 0 Å². The third kappa shape index (κ3) is 1.36. The molecule has 0 unspecified atom stereocenters. The lowest BCUT2D eigenvalue weighted by Crippen LogP contribution is -2.04. The van der Waals surface area contributed by atoms with E-state index in [2.05, 4.69) is 30.3 Å². The number of fused-ring (bicyclic) bond motifs is 3. The summed E-state index contributed by atoms with van der Waals surface area (Å²) >= 11 is 0. The summed E-state index contributed by atoms with van der Waals surface area (Å²) in [6.07, 6.45) is 3.03. The first-order valence-electron chi connectivity index (χ1n) is 5.55. The van der Waals surface area contributed by atoms with Gasteiger partial charge in [-0.05, 0) is 41.2 Å². The Morgan fingerprint density at radius 3 is 2.50 bits per heavy atom. The minimum atomic E-state index is 0.776. The van der Waals surface area contributed by atoms with Gasteiger partial charge in [0.25, 0.3) is 0 Å². The Balaban J connectivity index is 2.22. The van der Waals surface area contributed by atoms with Crippen molar-refractivity contribution >= 4 is 6.29 Å². The zero-order valence-electron chi connectivity index (χ0n) is 8.94. The van der Waals surface area contributed by atoms with Crippen molar-refractivity contribution in [1.82, 2.24) is 0 Å². The first-order valence-corrected chi connectivity index (χ1v) is 5.55. The molecule has 0 fully saturated rings. The quantitative estimate of drug-likeness (QED) is 0.657. The van der Waals surface area contributed by atoms with Crippen LogP contribution in [0.2, 0.25) is 0 Å². The van der Waals surface area contributed by atoms with Gasteiger partial charge in [-0.3, -0.25) is 4.79 Å². The predicted molar refractivity (Wildman–Crippen MR) is 64.7 cm³/mol. The molecule has 0 aromatic heterocycles. The number of hydrogen-bond acceptors (Lipinski definition) is 1. The Morgan fingerprint density at radius 2 is 1.62 bits per heavy atom. The predicted octanol–water partition coefficient (Wildman–Crippen LogP) is 3.26. The van der Waals surface area contributed by atoms with Crippen LogP contribution in [0.3, 0.4) is 0 Å². The van der Waals surface area contributed by atoms with Crippen molar-refractivity contribution in [3.63, 3.8) is 0 Å². The molecular weight excluding hydrogens is 196 g/mol. The van der Waals surface area contributed by atoms with Gasteiger partial charge in [-0.25, -0.2) is 0 Å². The molecule has 0 saturated heterocycles. The van der Waals surface area contributed by atoms with E-state index in [1.54, 1.807) is 0 Å². The van der Waals surface area contributed by atoms with Gasteiger partial charge in [-0.1, -0.05) is 36.4 Å². The minimum Gasteiger partial charge on any atom is -0.298 e. The van der Waals surface area contributed by atoms with Crippen LogP contribution in [0.4, 0.5) is 0 Å². The van der Waals surface area contributed by atoms with Crippen LogP contribution >= 0.6 is 0 Å². The Morgan fingerprint density at radius 1 is 0.875 bits per heavy atom. The summed E-state index contributed by atoms with van der Waals surface area (Å²) in [5.74, 6) is 0. The fraction of sp³-hybridized carbons (Fsp3) is 0.133. The van der Waals surface area contributed by atoms with E-state index in [4.69, 9.17) is 0 Å². The Bertz CT molecular complexity index is 555. The molecule has 1 aliphatic carbocycles. The number of rotatable bonds is 1. The molecule has 78 valence electrons. The Kier molecular flexibility index (Phi) is 2.10. The largest absolute Gasteiger partial charge is 0.298 e. The van der Waals surface area contributed by atoms with Gasteiger partial charge in [0.2, 0.25) is 0 Å². The van der Waals surface area contributed by atoms with E-state index in [1.807, 2.05) is 12.1 Å². The van der Waals surface area contributed by atoms with Crippen molar-refractivity contribution in [3.8, 4) is 11.1 Å². The lowest BCUT2D eigenvalue weighted by molar-refractivity contribution is 0.112. The highest BCUT2D eigenvalue weighted by atomic mass is 16.1. The molecule has 0 N–H and O–H groups in total. The summed E-state index contributed by atoms with van der Waals surface area (Å²) in [7, 11) is 0. The van der Waals surface area contributed by atoms with E-state index in [0.29, 0.717) is 0 Å². The first-order chi connectivity index (χ1) is 7.88. The monoisotopic (exact) mass is 208 g/mol. The van der Waals surface area contributed by atoms with Gasteiger partial charge in [-0.2, -0.15) is 0 Å². The Hall–Kier alpha value is -1.89. The van der Waals surface area contributed by atoms with E-state index in [1.165, 1.54) is 22.3 Å². The molecule has 16 heavy (non-hydrogen) atoms. The second kappa shape index (κ2) is 3.60. The second-order valence-electron chi connectivity index (χ2n) is 4.19. The van der Waals surface area contributed by atoms with Crippen molar-refractivity contribution in [1.29, 1.82) is 0 Å². The lowest BCUT2D eigenvalue weighted by atomic mass is 9.85. The molecule has 0 aliphatic heterocycles. The maximum atomic E-state index is 10.7. The number of benzene rings is 2. The minimum absolute atomic E-state index is 0.776. The fourth-order valence-electron chi connectivity index (χ4n) is 2.43. The molecule has 1 heteroatoms. The standard InChI is InChI=1S/C15H12O/c16-10-11-5-8-15-13(9-11)7-6-12-3-1-2-4-14(12)15/h1-5,8-10H,6-7H2. The molecule has 1 nitrogen and oxygen atoms in total. The van der Waals surface area contributed by atoms with Crippen LogP contribution in [-0.2, 0) is 12.8 Å². The second-order valence-corrected chi connectivity index (χ2v) is 4.19. The SMILES string of the molecule is O=Cc1ccc2c(c1)CCc1ccccc1-2. The van der Waals surface area contributed by atoms with Gasteiger partial charge in [0.05, 0.1) is 0 Å². The number of aryl methyl sites for hydroxylation is 2. The maximum absolute atomic E-state index is 10.7. The van der Waals surface area contributed by atoms with Crippen LogP contribution in [0.5, 0.6) is 0 Å². The van der Waals surface area contributed by atoms with Gasteiger partial charge in [0.15, 0.2) is 0 Å². The summed E-state index contributed by atoms with van der Waals surface area (Å²) in [6.45, 7) is 0. The molecule has 0 saturated carbocycles. The number of hydrogen-bond donors (Lipinski definition) is 0. The van der Waals surface area contributed by atoms with Gasteiger partial charge >= 0.3 is 0 Å². The van der Waals surface area contributed by atoms with Crippen LogP contribution in [0.15, 0.2) is 42.5 Å². The maximum Gasteiger partial charge on any atom is 0.150 e. The highest BCUT2D eigenvalue weighted by molar-refractivity contribution is 5.80. The molecule has 2 aromatic rings. The molecule has 0 spiro atoms. The fourth-order valence-corrected chi connectivity index (χ4v) is 2.43. The van der Waals surface area contributed by atoms with Crippen molar-refractivity contribution in [2.45, 2.75) is 12.8 Å². The van der Waals surface area contributed by atoms with E-state index in [-0.39, 0.29) is 0 Å². The number of carbonyl (C=O) groups excluding carboxylic acids is 1. The number of aldehydes is 1. The summed E-state index contributed by atoms with van der Waals surface area (Å²) < 4.78 is 0. The summed E-state index contributed by atoms with van der Waals surface area (Å²) in [6, 6.07) is 14.5. The van der Waals surface area contributed by atoms with Crippen LogP contribution in [0.1, 0.15) is 21.5 Å². The molecule has 0 atom stereocenters. The zero-order valence-corrected chi connectivity index (χ0v) is 8.94. The molecule has 0 radical (unpaired) electrons. The highest BCUT2D eigenvalue weighted by Crippen LogP contribution is 2.33. The topological polar surface area (TPSA) is 17.1 Å². The van der Waals surface area contributed by atoms with Crippen molar-refractivity contribution in [3.05, 3.63) is 59.2 Å².